The maximum atomic E-state index is 8.90. The molecule has 1 aromatic rings. The molecule has 0 aliphatic carbocycles. The number of halogens is 1. The first kappa shape index (κ1) is 12.2. The smallest absolute Gasteiger partial charge is 0.169 e. The highest BCUT2D eigenvalue weighted by Gasteiger charge is 2.11. The molecular weight excluding hydrogens is 258 g/mol. The summed E-state index contributed by atoms with van der Waals surface area (Å²) in [6.45, 7) is 2.05. The lowest BCUT2D eigenvalue weighted by Gasteiger charge is -2.11. The van der Waals surface area contributed by atoms with Crippen LogP contribution < -0.4 is 0 Å². The van der Waals surface area contributed by atoms with Crippen LogP contribution in [0.25, 0.3) is 0 Å². The fourth-order valence-corrected chi connectivity index (χ4v) is 1.46. The van der Waals surface area contributed by atoms with Crippen LogP contribution in [0.1, 0.15) is 17.2 Å². The van der Waals surface area contributed by atoms with E-state index in [4.69, 9.17) is 15.1 Å². The van der Waals surface area contributed by atoms with Gasteiger partial charge >= 0.3 is 0 Å². The number of aliphatic hydroxyl groups excluding tert-OH is 1. The average molecular weight is 270 g/mol. The molecule has 0 radical (unpaired) electrons. The molecule has 0 aliphatic heterocycles. The number of nitrogens with zero attached hydrogens (tertiary/aromatic N) is 1. The lowest BCUT2D eigenvalue weighted by atomic mass is 10.1. The first-order valence-corrected chi connectivity index (χ1v) is 5.36. The van der Waals surface area contributed by atoms with Crippen molar-refractivity contribution in [2.75, 3.05) is 13.2 Å². The van der Waals surface area contributed by atoms with Crippen LogP contribution in [0.3, 0.4) is 0 Å². The third kappa shape index (κ3) is 3.31. The molecule has 0 heterocycles. The Kier molecular flexibility index (Phi) is 4.76. The summed E-state index contributed by atoms with van der Waals surface area (Å²) in [5, 5.41) is 17.5. The fraction of sp³-hybridized carbons (Fsp3) is 0.364. The zero-order chi connectivity index (χ0) is 11.3. The Morgan fingerprint density at radius 3 is 2.87 bits per heavy atom. The Morgan fingerprint density at radius 1 is 1.60 bits per heavy atom. The molecule has 3 nitrogen and oxygen atoms in total. The van der Waals surface area contributed by atoms with Crippen molar-refractivity contribution in [3.05, 3.63) is 33.8 Å². The minimum absolute atomic E-state index is 0.0757. The molecule has 0 amide bonds. The summed E-state index contributed by atoms with van der Waals surface area (Å²) >= 11 is 3.39. The Morgan fingerprint density at radius 2 is 2.33 bits per heavy atom. The number of nitriles is 1. The van der Waals surface area contributed by atoms with Crippen molar-refractivity contribution >= 4 is 15.9 Å². The number of ether oxygens (including phenoxy) is 1. The molecule has 0 aromatic heterocycles. The van der Waals surface area contributed by atoms with Crippen molar-refractivity contribution in [2.45, 2.75) is 13.0 Å². The molecule has 4 heteroatoms. The Bertz CT molecular complexity index is 373. The number of hydrogen-bond donors (Lipinski definition) is 1. The summed E-state index contributed by atoms with van der Waals surface area (Å²) in [6.07, 6.45) is -0.607. The monoisotopic (exact) mass is 269 g/mol. The van der Waals surface area contributed by atoms with E-state index < -0.39 is 6.10 Å². The molecule has 0 saturated carbocycles. The van der Waals surface area contributed by atoms with Crippen molar-refractivity contribution < 1.29 is 9.84 Å². The molecule has 0 saturated heterocycles. The van der Waals surface area contributed by atoms with Crippen molar-refractivity contribution in [3.63, 3.8) is 0 Å². The summed E-state index contributed by atoms with van der Waals surface area (Å²) in [7, 11) is 0. The average Bonchev–Trinajstić information content (AvgIpc) is 2.24. The quantitative estimate of drug-likeness (QED) is 0.913. The standard InChI is InChI=1S/C11H12BrNO2/c1-8-6-9(2-3-10(8)12)11(7-13)15-5-4-14/h2-3,6,11,14H,4-5H2,1H3. The van der Waals surface area contributed by atoms with Crippen LogP contribution in [-0.4, -0.2) is 18.3 Å². The van der Waals surface area contributed by atoms with E-state index in [2.05, 4.69) is 22.0 Å². The molecule has 0 bridgehead atoms. The predicted molar refractivity (Wildman–Crippen MR) is 60.3 cm³/mol. The first-order chi connectivity index (χ1) is 7.19. The number of aliphatic hydroxyl groups is 1. The van der Waals surface area contributed by atoms with Gasteiger partial charge in [0.25, 0.3) is 0 Å². The van der Waals surface area contributed by atoms with E-state index in [1.54, 1.807) is 0 Å². The van der Waals surface area contributed by atoms with Crippen LogP contribution >= 0.6 is 15.9 Å². The van der Waals surface area contributed by atoms with Gasteiger partial charge in [0.2, 0.25) is 0 Å². The molecule has 1 aromatic carbocycles. The fourth-order valence-electron chi connectivity index (χ4n) is 1.21. The number of hydrogen-bond acceptors (Lipinski definition) is 3. The zero-order valence-electron chi connectivity index (χ0n) is 8.40. The van der Waals surface area contributed by atoms with Gasteiger partial charge in [-0.1, -0.05) is 28.1 Å². The van der Waals surface area contributed by atoms with E-state index in [0.29, 0.717) is 0 Å². The molecule has 80 valence electrons. The van der Waals surface area contributed by atoms with Gasteiger partial charge in [-0.3, -0.25) is 0 Å². The minimum atomic E-state index is -0.607. The second-order valence-corrected chi connectivity index (χ2v) is 3.97. The predicted octanol–water partition coefficient (Wildman–Crippen LogP) is 2.33. The summed E-state index contributed by atoms with van der Waals surface area (Å²) in [4.78, 5) is 0. The largest absolute Gasteiger partial charge is 0.394 e. The summed E-state index contributed by atoms with van der Waals surface area (Å²) in [5.74, 6) is 0. The van der Waals surface area contributed by atoms with Gasteiger partial charge in [-0.05, 0) is 24.1 Å². The van der Waals surface area contributed by atoms with Gasteiger partial charge in [0, 0.05) is 4.47 Å². The molecule has 1 unspecified atom stereocenters. The van der Waals surface area contributed by atoms with Crippen LogP contribution in [-0.2, 0) is 4.74 Å². The molecule has 1 N–H and O–H groups in total. The van der Waals surface area contributed by atoms with Crippen LogP contribution in [0.5, 0.6) is 0 Å². The Hall–Kier alpha value is -0.890. The molecule has 0 spiro atoms. The van der Waals surface area contributed by atoms with Crippen LogP contribution in [0.15, 0.2) is 22.7 Å². The lowest BCUT2D eigenvalue weighted by molar-refractivity contribution is 0.0581. The molecule has 0 fully saturated rings. The Balaban J connectivity index is 2.84. The van der Waals surface area contributed by atoms with E-state index in [1.807, 2.05) is 25.1 Å². The summed E-state index contributed by atoms with van der Waals surface area (Å²) in [5.41, 5.74) is 1.87. The summed E-state index contributed by atoms with van der Waals surface area (Å²) < 4.78 is 6.20. The van der Waals surface area contributed by atoms with Crippen molar-refractivity contribution in [2.24, 2.45) is 0 Å². The SMILES string of the molecule is Cc1cc(C(C#N)OCCO)ccc1Br. The topological polar surface area (TPSA) is 53.2 Å². The maximum Gasteiger partial charge on any atom is 0.169 e. The van der Waals surface area contributed by atoms with E-state index >= 15 is 0 Å². The first-order valence-electron chi connectivity index (χ1n) is 4.57. The van der Waals surface area contributed by atoms with Gasteiger partial charge in [0.1, 0.15) is 0 Å². The molecule has 1 rings (SSSR count). The third-order valence-corrected chi connectivity index (χ3v) is 2.87. The number of benzene rings is 1. The highest BCUT2D eigenvalue weighted by Crippen LogP contribution is 2.22. The van der Waals surface area contributed by atoms with Gasteiger partial charge in [-0.2, -0.15) is 5.26 Å². The van der Waals surface area contributed by atoms with Gasteiger partial charge in [-0.25, -0.2) is 0 Å². The normalized spacial score (nSPS) is 12.1. The van der Waals surface area contributed by atoms with Crippen molar-refractivity contribution in [3.8, 4) is 6.07 Å². The van der Waals surface area contributed by atoms with Crippen molar-refractivity contribution in [1.82, 2.24) is 0 Å². The Labute approximate surface area is 97.4 Å². The third-order valence-electron chi connectivity index (χ3n) is 1.98. The van der Waals surface area contributed by atoms with Gasteiger partial charge in [0.05, 0.1) is 19.3 Å². The second-order valence-electron chi connectivity index (χ2n) is 3.11. The van der Waals surface area contributed by atoms with E-state index in [-0.39, 0.29) is 13.2 Å². The molecule has 1 atom stereocenters. The van der Waals surface area contributed by atoms with Crippen LogP contribution in [0.4, 0.5) is 0 Å². The van der Waals surface area contributed by atoms with E-state index in [9.17, 15) is 0 Å². The van der Waals surface area contributed by atoms with E-state index in [0.717, 1.165) is 15.6 Å². The van der Waals surface area contributed by atoms with Crippen LogP contribution in [0, 0.1) is 18.3 Å². The highest BCUT2D eigenvalue weighted by molar-refractivity contribution is 9.10. The second kappa shape index (κ2) is 5.86. The van der Waals surface area contributed by atoms with Gasteiger partial charge in [0.15, 0.2) is 6.10 Å². The van der Waals surface area contributed by atoms with Gasteiger partial charge < -0.3 is 9.84 Å². The number of rotatable bonds is 4. The lowest BCUT2D eigenvalue weighted by Crippen LogP contribution is -2.06. The molecular formula is C11H12BrNO2. The van der Waals surface area contributed by atoms with E-state index in [1.165, 1.54) is 0 Å². The highest BCUT2D eigenvalue weighted by atomic mass is 79.9. The number of aryl methyl sites for hydroxylation is 1. The minimum Gasteiger partial charge on any atom is -0.394 e. The maximum absolute atomic E-state index is 8.90. The van der Waals surface area contributed by atoms with Gasteiger partial charge in [-0.15, -0.1) is 0 Å². The van der Waals surface area contributed by atoms with Crippen LogP contribution in [0.2, 0.25) is 0 Å². The van der Waals surface area contributed by atoms with Crippen molar-refractivity contribution in [1.29, 1.82) is 5.26 Å². The molecule has 0 aliphatic rings. The zero-order valence-corrected chi connectivity index (χ0v) is 9.99. The molecule has 15 heavy (non-hydrogen) atoms. The summed E-state index contributed by atoms with van der Waals surface area (Å²) in [6, 6.07) is 7.67.